The molecule has 64 valence electrons. The summed E-state index contributed by atoms with van der Waals surface area (Å²) in [6.45, 7) is 1.17. The van der Waals surface area contributed by atoms with Crippen molar-refractivity contribution < 1.29 is 0 Å². The number of nitrogens with one attached hydrogen (secondary N) is 1. The van der Waals surface area contributed by atoms with Gasteiger partial charge in [-0.15, -0.1) is 11.8 Å². The van der Waals surface area contributed by atoms with Crippen molar-refractivity contribution >= 4 is 11.8 Å². The zero-order valence-corrected chi connectivity index (χ0v) is 8.03. The third-order valence-corrected chi connectivity index (χ3v) is 3.15. The molecule has 0 amide bonds. The molecule has 1 aromatic carbocycles. The van der Waals surface area contributed by atoms with Crippen LogP contribution in [0.1, 0.15) is 18.0 Å². The molecule has 1 N–H and O–H groups in total. The summed E-state index contributed by atoms with van der Waals surface area (Å²) >= 11 is 1.83. The van der Waals surface area contributed by atoms with E-state index in [0.717, 1.165) is 0 Å². The van der Waals surface area contributed by atoms with Gasteiger partial charge in [0.05, 0.1) is 0 Å². The Kier molecular flexibility index (Phi) is 2.38. The van der Waals surface area contributed by atoms with Crippen LogP contribution in [0.15, 0.2) is 29.2 Å². The van der Waals surface area contributed by atoms with E-state index in [9.17, 15) is 0 Å². The number of benzene rings is 1. The van der Waals surface area contributed by atoms with Gasteiger partial charge in [0.1, 0.15) is 0 Å². The van der Waals surface area contributed by atoms with Crippen molar-refractivity contribution in [3.63, 3.8) is 0 Å². The second kappa shape index (κ2) is 3.50. The van der Waals surface area contributed by atoms with E-state index in [2.05, 4.69) is 35.8 Å². The molecule has 0 bridgehead atoms. The average molecular weight is 179 g/mol. The van der Waals surface area contributed by atoms with E-state index in [1.807, 2.05) is 11.8 Å². The summed E-state index contributed by atoms with van der Waals surface area (Å²) in [4.78, 5) is 1.41. The summed E-state index contributed by atoms with van der Waals surface area (Å²) in [5.74, 6) is 0. The molecule has 1 fully saturated rings. The molecule has 1 heterocycles. The third kappa shape index (κ3) is 1.37. The monoisotopic (exact) mass is 179 g/mol. The van der Waals surface area contributed by atoms with E-state index in [4.69, 9.17) is 0 Å². The van der Waals surface area contributed by atoms with Gasteiger partial charge in [-0.3, -0.25) is 0 Å². The number of hydrogen-bond donors (Lipinski definition) is 1. The van der Waals surface area contributed by atoms with Gasteiger partial charge < -0.3 is 5.32 Å². The molecule has 1 aliphatic heterocycles. The van der Waals surface area contributed by atoms with E-state index in [1.54, 1.807) is 0 Å². The lowest BCUT2D eigenvalue weighted by Crippen LogP contribution is -2.35. The Balaban J connectivity index is 2.27. The third-order valence-electron chi connectivity index (χ3n) is 2.34. The fraction of sp³-hybridized carbons (Fsp3) is 0.400. The van der Waals surface area contributed by atoms with Crippen LogP contribution in [-0.2, 0) is 0 Å². The quantitative estimate of drug-likeness (QED) is 0.700. The van der Waals surface area contributed by atoms with Gasteiger partial charge in [-0.05, 0) is 30.9 Å². The molecule has 0 radical (unpaired) electrons. The first-order valence-corrected chi connectivity index (χ1v) is 5.50. The predicted molar refractivity (Wildman–Crippen MR) is 53.6 cm³/mol. The maximum absolute atomic E-state index is 3.42. The van der Waals surface area contributed by atoms with Crippen LogP contribution in [0.25, 0.3) is 0 Å². The van der Waals surface area contributed by atoms with Gasteiger partial charge >= 0.3 is 0 Å². The SMILES string of the molecule is CSc1ccccc1[C@H]1CCN1. The lowest BCUT2D eigenvalue weighted by Gasteiger charge is -2.29. The summed E-state index contributed by atoms with van der Waals surface area (Å²) in [7, 11) is 0. The summed E-state index contributed by atoms with van der Waals surface area (Å²) in [6, 6.07) is 9.26. The van der Waals surface area contributed by atoms with Crippen LogP contribution in [-0.4, -0.2) is 12.8 Å². The Bertz CT molecular complexity index is 268. The summed E-state index contributed by atoms with van der Waals surface area (Å²) in [5.41, 5.74) is 1.47. The van der Waals surface area contributed by atoms with E-state index < -0.39 is 0 Å². The van der Waals surface area contributed by atoms with Crippen molar-refractivity contribution in [1.82, 2.24) is 5.32 Å². The average Bonchev–Trinajstić information content (AvgIpc) is 2.02. The standard InChI is InChI=1S/C10H13NS/c1-12-10-5-3-2-4-8(10)9-6-7-11-9/h2-5,9,11H,6-7H2,1H3/t9-/m1/s1. The minimum atomic E-state index is 0.619. The Hall–Kier alpha value is -0.470. The first kappa shape index (κ1) is 8.14. The number of hydrogen-bond acceptors (Lipinski definition) is 2. The predicted octanol–water partition coefficient (Wildman–Crippen LogP) is 2.44. The molecule has 1 aliphatic rings. The van der Waals surface area contributed by atoms with Crippen molar-refractivity contribution in [1.29, 1.82) is 0 Å². The first-order valence-electron chi connectivity index (χ1n) is 4.28. The van der Waals surface area contributed by atoms with Gasteiger partial charge in [0.2, 0.25) is 0 Å². The molecular weight excluding hydrogens is 166 g/mol. The van der Waals surface area contributed by atoms with Gasteiger partial charge in [0, 0.05) is 10.9 Å². The highest BCUT2D eigenvalue weighted by Gasteiger charge is 2.20. The highest BCUT2D eigenvalue weighted by Crippen LogP contribution is 2.30. The second-order valence-electron chi connectivity index (χ2n) is 3.04. The molecule has 0 unspecified atom stereocenters. The van der Waals surface area contributed by atoms with Gasteiger partial charge in [0.25, 0.3) is 0 Å². The van der Waals surface area contributed by atoms with E-state index >= 15 is 0 Å². The molecule has 0 saturated carbocycles. The van der Waals surface area contributed by atoms with Gasteiger partial charge in [-0.2, -0.15) is 0 Å². The topological polar surface area (TPSA) is 12.0 Å². The molecule has 2 heteroatoms. The van der Waals surface area contributed by atoms with Gasteiger partial charge in [0.15, 0.2) is 0 Å². The van der Waals surface area contributed by atoms with Crippen LogP contribution >= 0.6 is 11.8 Å². The first-order chi connectivity index (χ1) is 5.92. The normalized spacial score (nSPS) is 21.9. The van der Waals surface area contributed by atoms with Crippen LogP contribution in [0.2, 0.25) is 0 Å². The molecule has 2 rings (SSSR count). The van der Waals surface area contributed by atoms with Gasteiger partial charge in [-0.25, -0.2) is 0 Å². The summed E-state index contributed by atoms with van der Waals surface area (Å²) in [5, 5.41) is 3.42. The molecule has 0 aliphatic carbocycles. The highest BCUT2D eigenvalue weighted by molar-refractivity contribution is 7.98. The van der Waals surface area contributed by atoms with Crippen molar-refractivity contribution in [2.75, 3.05) is 12.8 Å². The van der Waals surface area contributed by atoms with Gasteiger partial charge in [-0.1, -0.05) is 18.2 Å². The molecule has 1 atom stereocenters. The van der Waals surface area contributed by atoms with Crippen LogP contribution in [0.4, 0.5) is 0 Å². The van der Waals surface area contributed by atoms with Crippen LogP contribution in [0.5, 0.6) is 0 Å². The molecule has 12 heavy (non-hydrogen) atoms. The van der Waals surface area contributed by atoms with Crippen LogP contribution in [0.3, 0.4) is 0 Å². The van der Waals surface area contributed by atoms with Crippen molar-refractivity contribution in [2.45, 2.75) is 17.4 Å². The maximum atomic E-state index is 3.42. The van der Waals surface area contributed by atoms with Crippen molar-refractivity contribution in [3.8, 4) is 0 Å². The Morgan fingerprint density at radius 1 is 1.42 bits per heavy atom. The van der Waals surface area contributed by atoms with Crippen LogP contribution in [0, 0.1) is 0 Å². The minimum Gasteiger partial charge on any atom is -0.310 e. The van der Waals surface area contributed by atoms with E-state index in [1.165, 1.54) is 23.4 Å². The fourth-order valence-corrected chi connectivity index (χ4v) is 2.17. The Morgan fingerprint density at radius 2 is 2.17 bits per heavy atom. The van der Waals surface area contributed by atoms with E-state index in [-0.39, 0.29) is 0 Å². The Morgan fingerprint density at radius 3 is 2.75 bits per heavy atom. The lowest BCUT2D eigenvalue weighted by molar-refractivity contribution is 0.378. The zero-order valence-electron chi connectivity index (χ0n) is 7.21. The summed E-state index contributed by atoms with van der Waals surface area (Å²) in [6.07, 6.45) is 3.43. The lowest BCUT2D eigenvalue weighted by atomic mass is 9.98. The molecule has 1 saturated heterocycles. The van der Waals surface area contributed by atoms with Crippen molar-refractivity contribution in [2.24, 2.45) is 0 Å². The van der Waals surface area contributed by atoms with Crippen molar-refractivity contribution in [3.05, 3.63) is 29.8 Å². The summed E-state index contributed by atoms with van der Waals surface area (Å²) < 4.78 is 0. The molecule has 0 spiro atoms. The second-order valence-corrected chi connectivity index (χ2v) is 3.89. The minimum absolute atomic E-state index is 0.619. The molecule has 1 aromatic rings. The van der Waals surface area contributed by atoms with Crippen LogP contribution < -0.4 is 5.32 Å². The molecular formula is C10H13NS. The number of thioether (sulfide) groups is 1. The zero-order chi connectivity index (χ0) is 8.39. The fourth-order valence-electron chi connectivity index (χ4n) is 1.51. The largest absolute Gasteiger partial charge is 0.310 e. The maximum Gasteiger partial charge on any atom is 0.0343 e. The number of rotatable bonds is 2. The molecule has 0 aromatic heterocycles. The Labute approximate surface area is 77.6 Å². The van der Waals surface area contributed by atoms with E-state index in [0.29, 0.717) is 6.04 Å². The smallest absolute Gasteiger partial charge is 0.0343 e. The highest BCUT2D eigenvalue weighted by atomic mass is 32.2. The molecule has 1 nitrogen and oxygen atoms in total.